The Morgan fingerprint density at radius 3 is 2.86 bits per heavy atom. The summed E-state index contributed by atoms with van der Waals surface area (Å²) in [7, 11) is 0. The van der Waals surface area contributed by atoms with Gasteiger partial charge in [0.2, 0.25) is 0 Å². The minimum Gasteiger partial charge on any atom is -0.483 e. The van der Waals surface area contributed by atoms with Gasteiger partial charge in [0.1, 0.15) is 10.4 Å². The van der Waals surface area contributed by atoms with Gasteiger partial charge in [0.05, 0.1) is 12.8 Å². The molecule has 0 amide bonds. The zero-order chi connectivity index (χ0) is 15.1. The number of nitrogens with zero attached hydrogens (tertiary/aromatic N) is 3. The van der Waals surface area contributed by atoms with Gasteiger partial charge in [0.25, 0.3) is 0 Å². The number of anilines is 1. The maximum absolute atomic E-state index is 12.9. The summed E-state index contributed by atoms with van der Waals surface area (Å²) in [5.74, 6) is 0.682. The molecule has 0 aliphatic carbocycles. The Bertz CT molecular complexity index is 619. The van der Waals surface area contributed by atoms with Gasteiger partial charge in [-0.1, -0.05) is 12.1 Å². The van der Waals surface area contributed by atoms with E-state index in [2.05, 4.69) is 36.2 Å². The molecule has 0 saturated heterocycles. The number of nitrogens with one attached hydrogen (secondary N) is 1. The molecule has 0 aliphatic rings. The Morgan fingerprint density at radius 1 is 1.38 bits per heavy atom. The van der Waals surface area contributed by atoms with Crippen LogP contribution >= 0.6 is 15.9 Å². The van der Waals surface area contributed by atoms with Gasteiger partial charge in [-0.15, -0.1) is 0 Å². The third-order valence-electron chi connectivity index (χ3n) is 2.51. The lowest BCUT2D eigenvalue weighted by atomic mass is 10.2. The van der Waals surface area contributed by atoms with Crippen LogP contribution in [0.2, 0.25) is 0 Å². The average Bonchev–Trinajstić information content (AvgIpc) is 2.49. The van der Waals surface area contributed by atoms with E-state index in [0.29, 0.717) is 29.4 Å². The normalized spacial score (nSPS) is 10.8. The first-order chi connectivity index (χ1) is 10.2. The van der Waals surface area contributed by atoms with E-state index in [-0.39, 0.29) is 5.82 Å². The Labute approximate surface area is 130 Å². The van der Waals surface area contributed by atoms with Crippen LogP contribution in [0.1, 0.15) is 12.5 Å². The number of aliphatic imine (C=N–C) groups is 1. The highest BCUT2D eigenvalue weighted by Crippen LogP contribution is 2.22. The molecule has 1 N–H and O–H groups in total. The summed E-state index contributed by atoms with van der Waals surface area (Å²) >= 11 is 3.27. The standard InChI is InChI=1S/C14H14BrFN4O/c1-2-21-9-19-13-14(20-12(15)8-18-13)17-7-10-3-5-11(16)6-4-10/h3-6,8-9H,2,7H2,1H3,(H,17,20)/b19-9+. The molecule has 2 rings (SSSR count). The number of hydrogen-bond acceptors (Lipinski definition) is 5. The van der Waals surface area contributed by atoms with Gasteiger partial charge in [-0.2, -0.15) is 4.99 Å². The zero-order valence-electron chi connectivity index (χ0n) is 11.4. The summed E-state index contributed by atoms with van der Waals surface area (Å²) in [5, 5.41) is 3.12. The summed E-state index contributed by atoms with van der Waals surface area (Å²) in [5.41, 5.74) is 0.929. The Hall–Kier alpha value is -2.02. The Balaban J connectivity index is 2.10. The van der Waals surface area contributed by atoms with Crippen molar-refractivity contribution in [3.8, 4) is 0 Å². The quantitative estimate of drug-likeness (QED) is 0.636. The van der Waals surface area contributed by atoms with E-state index in [1.807, 2.05) is 6.92 Å². The molecule has 2 aromatic rings. The molecule has 1 aromatic heterocycles. The maximum Gasteiger partial charge on any atom is 0.198 e. The molecule has 7 heteroatoms. The third-order valence-corrected chi connectivity index (χ3v) is 2.90. The number of rotatable bonds is 6. The van der Waals surface area contributed by atoms with Gasteiger partial charge in [-0.05, 0) is 40.5 Å². The molecule has 1 aromatic carbocycles. The van der Waals surface area contributed by atoms with Gasteiger partial charge >= 0.3 is 0 Å². The highest BCUT2D eigenvalue weighted by Gasteiger charge is 2.05. The maximum atomic E-state index is 12.9. The molecule has 110 valence electrons. The van der Waals surface area contributed by atoms with Crippen LogP contribution in [-0.4, -0.2) is 23.0 Å². The van der Waals surface area contributed by atoms with Crippen molar-refractivity contribution in [2.75, 3.05) is 11.9 Å². The molecule has 0 fully saturated rings. The van der Waals surface area contributed by atoms with E-state index in [9.17, 15) is 4.39 Å². The second-order valence-electron chi connectivity index (χ2n) is 4.03. The largest absolute Gasteiger partial charge is 0.483 e. The molecular weight excluding hydrogens is 339 g/mol. The molecule has 0 saturated carbocycles. The van der Waals surface area contributed by atoms with Crippen LogP contribution in [0.25, 0.3) is 0 Å². The van der Waals surface area contributed by atoms with Crippen molar-refractivity contribution in [3.63, 3.8) is 0 Å². The average molecular weight is 353 g/mol. The minimum atomic E-state index is -0.261. The lowest BCUT2D eigenvalue weighted by Crippen LogP contribution is -2.03. The smallest absolute Gasteiger partial charge is 0.198 e. The van der Waals surface area contributed by atoms with Crippen molar-refractivity contribution in [1.29, 1.82) is 0 Å². The van der Waals surface area contributed by atoms with Gasteiger partial charge < -0.3 is 10.1 Å². The topological polar surface area (TPSA) is 59.4 Å². The molecule has 21 heavy (non-hydrogen) atoms. The number of ether oxygens (including phenoxy) is 1. The van der Waals surface area contributed by atoms with Crippen LogP contribution < -0.4 is 5.32 Å². The molecule has 0 radical (unpaired) electrons. The van der Waals surface area contributed by atoms with Gasteiger partial charge in [-0.3, -0.25) is 0 Å². The molecule has 0 bridgehead atoms. The van der Waals surface area contributed by atoms with Crippen LogP contribution in [0.5, 0.6) is 0 Å². The van der Waals surface area contributed by atoms with E-state index >= 15 is 0 Å². The number of benzene rings is 1. The third kappa shape index (κ3) is 4.78. The summed E-state index contributed by atoms with van der Waals surface area (Å²) in [6.45, 7) is 2.89. The van der Waals surface area contributed by atoms with Crippen LogP contribution in [-0.2, 0) is 11.3 Å². The highest BCUT2D eigenvalue weighted by atomic mass is 79.9. The predicted octanol–water partition coefficient (Wildman–Crippen LogP) is 3.69. The Morgan fingerprint density at radius 2 is 2.14 bits per heavy atom. The van der Waals surface area contributed by atoms with Gasteiger partial charge in [0, 0.05) is 6.54 Å². The molecule has 1 heterocycles. The van der Waals surface area contributed by atoms with Crippen LogP contribution in [0.15, 0.2) is 40.1 Å². The van der Waals surface area contributed by atoms with Crippen molar-refractivity contribution in [1.82, 2.24) is 9.97 Å². The highest BCUT2D eigenvalue weighted by molar-refractivity contribution is 9.10. The van der Waals surface area contributed by atoms with Crippen molar-refractivity contribution >= 4 is 34.0 Å². The number of aromatic nitrogens is 2. The van der Waals surface area contributed by atoms with E-state index in [4.69, 9.17) is 4.74 Å². The second-order valence-corrected chi connectivity index (χ2v) is 4.85. The van der Waals surface area contributed by atoms with E-state index in [0.717, 1.165) is 5.56 Å². The van der Waals surface area contributed by atoms with Crippen molar-refractivity contribution in [3.05, 3.63) is 46.4 Å². The second kappa shape index (κ2) is 7.68. The first kappa shape index (κ1) is 15.4. The molecule has 5 nitrogen and oxygen atoms in total. The van der Waals surface area contributed by atoms with E-state index in [1.165, 1.54) is 18.5 Å². The van der Waals surface area contributed by atoms with Gasteiger partial charge in [-0.25, -0.2) is 14.4 Å². The van der Waals surface area contributed by atoms with Crippen LogP contribution in [0.4, 0.5) is 16.0 Å². The molecule has 0 unspecified atom stereocenters. The predicted molar refractivity (Wildman–Crippen MR) is 83.2 cm³/mol. The summed E-state index contributed by atoms with van der Waals surface area (Å²) in [4.78, 5) is 12.6. The minimum absolute atomic E-state index is 0.261. The molecule has 0 aliphatic heterocycles. The van der Waals surface area contributed by atoms with Crippen molar-refractivity contribution in [2.24, 2.45) is 4.99 Å². The Kier molecular flexibility index (Phi) is 5.62. The fraction of sp³-hybridized carbons (Fsp3) is 0.214. The number of halogens is 2. The van der Waals surface area contributed by atoms with Crippen LogP contribution in [0, 0.1) is 5.82 Å². The van der Waals surface area contributed by atoms with Crippen LogP contribution in [0.3, 0.4) is 0 Å². The summed E-state index contributed by atoms with van der Waals surface area (Å²) < 4.78 is 18.5. The monoisotopic (exact) mass is 352 g/mol. The SMILES string of the molecule is CCO/C=N/c1ncc(Br)nc1NCc1ccc(F)cc1. The first-order valence-corrected chi connectivity index (χ1v) is 7.13. The van der Waals surface area contributed by atoms with E-state index in [1.54, 1.807) is 18.3 Å². The first-order valence-electron chi connectivity index (χ1n) is 6.34. The molecule has 0 spiro atoms. The summed E-state index contributed by atoms with van der Waals surface area (Å²) in [6.07, 6.45) is 2.89. The summed E-state index contributed by atoms with van der Waals surface area (Å²) in [6, 6.07) is 6.24. The fourth-order valence-corrected chi connectivity index (χ4v) is 1.80. The van der Waals surface area contributed by atoms with Crippen molar-refractivity contribution < 1.29 is 9.13 Å². The molecule has 0 atom stereocenters. The fourth-order valence-electron chi connectivity index (χ4n) is 1.52. The van der Waals surface area contributed by atoms with Crippen molar-refractivity contribution in [2.45, 2.75) is 13.5 Å². The van der Waals surface area contributed by atoms with Gasteiger partial charge in [0.15, 0.2) is 18.0 Å². The number of hydrogen-bond donors (Lipinski definition) is 1. The lowest BCUT2D eigenvalue weighted by Gasteiger charge is -2.08. The zero-order valence-corrected chi connectivity index (χ0v) is 13.0. The molecular formula is C14H14BrFN4O. The lowest BCUT2D eigenvalue weighted by molar-refractivity contribution is 0.344. The van der Waals surface area contributed by atoms with E-state index < -0.39 is 0 Å².